The second-order valence-electron chi connectivity index (χ2n) is 5.09. The Morgan fingerprint density at radius 2 is 1.75 bits per heavy atom. The molecule has 0 saturated carbocycles. The summed E-state index contributed by atoms with van der Waals surface area (Å²) in [6.07, 6.45) is 16.3. The minimum atomic E-state index is 0. The molecule has 0 bridgehead atoms. The number of rotatable bonds is 10. The Bertz CT molecular complexity index is 369. The van der Waals surface area contributed by atoms with E-state index in [1.165, 1.54) is 57.6 Å². The van der Waals surface area contributed by atoms with Crippen LogP contribution in [-0.2, 0) is 6.54 Å². The van der Waals surface area contributed by atoms with Gasteiger partial charge in [0.15, 0.2) is 12.4 Å². The van der Waals surface area contributed by atoms with Gasteiger partial charge in [-0.3, -0.25) is 0 Å². The normalized spacial score (nSPS) is 10.7. The van der Waals surface area contributed by atoms with Crippen LogP contribution in [0.2, 0.25) is 0 Å². The average molecular weight is 343 g/mol. The molecule has 1 aromatic rings. The third-order valence-electron chi connectivity index (χ3n) is 3.36. The summed E-state index contributed by atoms with van der Waals surface area (Å²) in [5.41, 5.74) is 0.935. The minimum Gasteiger partial charge on any atom is -1.00 e. The number of halogens is 1. The van der Waals surface area contributed by atoms with Crippen LogP contribution in [0, 0.1) is 0 Å². The van der Waals surface area contributed by atoms with E-state index in [2.05, 4.69) is 22.8 Å². The molecule has 0 unspecified atom stereocenters. The van der Waals surface area contributed by atoms with E-state index in [4.69, 9.17) is 5.21 Å². The van der Waals surface area contributed by atoms with Gasteiger partial charge in [-0.1, -0.05) is 50.6 Å². The summed E-state index contributed by atoms with van der Waals surface area (Å²) in [5.74, 6) is 0. The fraction of sp³-hybridized carbons (Fsp3) is 0.625. The van der Waals surface area contributed by atoms with Crippen molar-refractivity contribution in [1.82, 2.24) is 0 Å². The molecule has 20 heavy (non-hydrogen) atoms. The van der Waals surface area contributed by atoms with Crippen LogP contribution in [0.4, 0.5) is 0 Å². The van der Waals surface area contributed by atoms with E-state index in [1.807, 2.05) is 18.3 Å². The van der Waals surface area contributed by atoms with Crippen LogP contribution in [0.25, 0.3) is 0 Å². The van der Waals surface area contributed by atoms with Crippen molar-refractivity contribution in [1.29, 1.82) is 0 Å². The molecular weight excluding hydrogens is 316 g/mol. The second-order valence-corrected chi connectivity index (χ2v) is 5.09. The molecule has 0 saturated heterocycles. The van der Waals surface area contributed by atoms with Crippen molar-refractivity contribution in [2.24, 2.45) is 5.16 Å². The first kappa shape index (κ1) is 19.1. The monoisotopic (exact) mass is 342 g/mol. The van der Waals surface area contributed by atoms with Gasteiger partial charge in [-0.25, -0.2) is 4.57 Å². The fourth-order valence-corrected chi connectivity index (χ4v) is 2.25. The number of aromatic nitrogens is 1. The van der Waals surface area contributed by atoms with E-state index in [1.54, 1.807) is 0 Å². The molecule has 0 amide bonds. The molecule has 0 atom stereocenters. The van der Waals surface area contributed by atoms with Crippen LogP contribution in [0.15, 0.2) is 29.7 Å². The van der Waals surface area contributed by atoms with Gasteiger partial charge in [0.1, 0.15) is 6.54 Å². The summed E-state index contributed by atoms with van der Waals surface area (Å²) in [5, 5.41) is 11.6. The first-order valence-electron chi connectivity index (χ1n) is 7.53. The Hall–Kier alpha value is -0.900. The Morgan fingerprint density at radius 1 is 1.10 bits per heavy atom. The lowest BCUT2D eigenvalue weighted by molar-refractivity contribution is -0.697. The largest absolute Gasteiger partial charge is 1.00 e. The maximum Gasteiger partial charge on any atom is 0.177 e. The van der Waals surface area contributed by atoms with Gasteiger partial charge in [0.25, 0.3) is 0 Å². The van der Waals surface area contributed by atoms with Crippen molar-refractivity contribution in [2.75, 3.05) is 0 Å². The third kappa shape index (κ3) is 9.08. The number of unbranched alkanes of at least 4 members (excludes halogenated alkanes) is 7. The Labute approximate surface area is 133 Å². The molecule has 0 aliphatic heterocycles. The molecule has 0 radical (unpaired) electrons. The second kappa shape index (κ2) is 13.1. The molecule has 0 aliphatic rings. The Kier molecular flexibility index (Phi) is 12.5. The summed E-state index contributed by atoms with van der Waals surface area (Å²) in [6.45, 7) is 3.30. The van der Waals surface area contributed by atoms with Crippen LogP contribution >= 0.6 is 0 Å². The summed E-state index contributed by atoms with van der Waals surface area (Å²) in [6, 6.07) is 3.92. The number of hydrogen-bond acceptors (Lipinski definition) is 2. The van der Waals surface area contributed by atoms with Crippen molar-refractivity contribution < 1.29 is 26.8 Å². The zero-order chi connectivity index (χ0) is 13.8. The van der Waals surface area contributed by atoms with Gasteiger partial charge in [0.05, 0.1) is 11.8 Å². The highest BCUT2D eigenvalue weighted by atomic mass is 79.9. The van der Waals surface area contributed by atoms with Gasteiger partial charge in [-0.2, -0.15) is 0 Å². The number of aryl methyl sites for hydroxylation is 1. The molecule has 3 nitrogen and oxygen atoms in total. The number of oxime groups is 1. The van der Waals surface area contributed by atoms with Crippen molar-refractivity contribution >= 4 is 6.21 Å². The smallest absolute Gasteiger partial charge is 0.177 e. The third-order valence-corrected chi connectivity index (χ3v) is 3.36. The SMILES string of the molecule is CCCCCCCCCC[n+]1cccc(C=NO)c1.[Br-]. The van der Waals surface area contributed by atoms with E-state index in [9.17, 15) is 0 Å². The molecule has 1 N–H and O–H groups in total. The Morgan fingerprint density at radius 3 is 2.40 bits per heavy atom. The molecule has 0 fully saturated rings. The quantitative estimate of drug-likeness (QED) is 0.222. The maximum atomic E-state index is 8.51. The van der Waals surface area contributed by atoms with Crippen LogP contribution in [0.5, 0.6) is 0 Å². The van der Waals surface area contributed by atoms with Crippen molar-refractivity contribution in [3.63, 3.8) is 0 Å². The average Bonchev–Trinajstić information content (AvgIpc) is 2.43. The lowest BCUT2D eigenvalue weighted by atomic mass is 10.1. The van der Waals surface area contributed by atoms with Gasteiger partial charge < -0.3 is 22.2 Å². The summed E-state index contributed by atoms with van der Waals surface area (Å²) < 4.78 is 2.16. The number of nitrogens with zero attached hydrogens (tertiary/aromatic N) is 2. The Balaban J connectivity index is 0.00000361. The van der Waals surface area contributed by atoms with E-state index in [0.29, 0.717) is 0 Å². The predicted octanol–water partition coefficient (Wildman–Crippen LogP) is 0.927. The van der Waals surface area contributed by atoms with Crippen molar-refractivity contribution in [3.05, 3.63) is 30.1 Å². The molecule has 114 valence electrons. The number of pyridine rings is 1. The topological polar surface area (TPSA) is 36.5 Å². The van der Waals surface area contributed by atoms with Crippen LogP contribution in [0.3, 0.4) is 0 Å². The maximum absolute atomic E-state index is 8.51. The fourth-order valence-electron chi connectivity index (χ4n) is 2.25. The zero-order valence-electron chi connectivity index (χ0n) is 12.5. The van der Waals surface area contributed by atoms with Gasteiger partial charge in [0.2, 0.25) is 0 Å². The summed E-state index contributed by atoms with van der Waals surface area (Å²) in [4.78, 5) is 0. The van der Waals surface area contributed by atoms with E-state index in [-0.39, 0.29) is 17.0 Å². The van der Waals surface area contributed by atoms with E-state index >= 15 is 0 Å². The predicted molar refractivity (Wildman–Crippen MR) is 78.6 cm³/mol. The van der Waals surface area contributed by atoms with Crippen molar-refractivity contribution in [2.45, 2.75) is 64.8 Å². The standard InChI is InChI=1S/C16H26N2O.BrH/c1-2-3-4-5-6-7-8-9-12-18-13-10-11-16(15-18)14-17-19;/h10-11,13-15H,2-9,12H2,1H3;1H. The number of hydrogen-bond donors (Lipinski definition) is 1. The highest BCUT2D eigenvalue weighted by Gasteiger charge is 2.01. The van der Waals surface area contributed by atoms with Crippen LogP contribution < -0.4 is 21.5 Å². The molecule has 1 aromatic heterocycles. The first-order valence-corrected chi connectivity index (χ1v) is 7.53. The first-order chi connectivity index (χ1) is 9.36. The molecule has 0 aromatic carbocycles. The molecule has 4 heteroatoms. The van der Waals surface area contributed by atoms with Crippen LogP contribution in [-0.4, -0.2) is 11.4 Å². The minimum absolute atomic E-state index is 0. The van der Waals surface area contributed by atoms with Crippen molar-refractivity contribution in [3.8, 4) is 0 Å². The van der Waals surface area contributed by atoms with Gasteiger partial charge >= 0.3 is 0 Å². The molecular formula is C16H27BrN2O. The van der Waals surface area contributed by atoms with Gasteiger partial charge in [0, 0.05) is 12.5 Å². The summed E-state index contributed by atoms with van der Waals surface area (Å²) in [7, 11) is 0. The molecule has 0 aliphatic carbocycles. The highest BCUT2D eigenvalue weighted by molar-refractivity contribution is 5.77. The zero-order valence-corrected chi connectivity index (χ0v) is 14.1. The lowest BCUT2D eigenvalue weighted by Gasteiger charge is -2.00. The van der Waals surface area contributed by atoms with Crippen LogP contribution in [0.1, 0.15) is 63.9 Å². The summed E-state index contributed by atoms with van der Waals surface area (Å²) >= 11 is 0. The van der Waals surface area contributed by atoms with Gasteiger partial charge in [-0.15, -0.1) is 0 Å². The van der Waals surface area contributed by atoms with E-state index < -0.39 is 0 Å². The van der Waals surface area contributed by atoms with Gasteiger partial charge in [-0.05, 0) is 12.5 Å². The molecule has 1 heterocycles. The highest BCUT2D eigenvalue weighted by Crippen LogP contribution is 2.08. The lowest BCUT2D eigenvalue weighted by Crippen LogP contribution is -3.00. The molecule has 1 rings (SSSR count). The van der Waals surface area contributed by atoms with E-state index in [0.717, 1.165) is 12.1 Å². The molecule has 0 spiro atoms.